The van der Waals surface area contributed by atoms with Crippen molar-refractivity contribution in [3.8, 4) is 50.8 Å². The SMILES string of the molecule is Cc1ccc(-c2ccc3c4ccccc4n(-c4cc(C#N)cc(-n5c6ccccc6c6ccc(-c7ccc(C)cc7)cc65)c4-c4ccc(C(F)(F)F)cc4C)c3c2)cc1. The van der Waals surface area contributed by atoms with Gasteiger partial charge in [0.25, 0.3) is 0 Å². The number of para-hydroxylation sites is 2. The molecule has 0 aliphatic carbocycles. The third-order valence-electron chi connectivity index (χ3n) is 11.6. The first kappa shape index (κ1) is 36.0. The van der Waals surface area contributed by atoms with Crippen molar-refractivity contribution in [1.82, 2.24) is 9.13 Å². The van der Waals surface area contributed by atoms with Crippen LogP contribution < -0.4 is 0 Å². The molecule has 284 valence electrons. The Labute approximate surface area is 339 Å². The van der Waals surface area contributed by atoms with Gasteiger partial charge >= 0.3 is 6.18 Å². The molecule has 0 atom stereocenters. The number of nitrogens with zero attached hydrogens (tertiary/aromatic N) is 3. The Kier molecular flexibility index (Phi) is 8.33. The average molecular weight is 772 g/mol. The third kappa shape index (κ3) is 5.97. The zero-order valence-corrected chi connectivity index (χ0v) is 32.6. The van der Waals surface area contributed by atoms with Gasteiger partial charge in [0.2, 0.25) is 0 Å². The summed E-state index contributed by atoms with van der Waals surface area (Å²) in [7, 11) is 0. The number of rotatable bonds is 5. The first-order valence-corrected chi connectivity index (χ1v) is 19.5. The van der Waals surface area contributed by atoms with Crippen molar-refractivity contribution in [2.45, 2.75) is 26.9 Å². The number of benzene rings is 8. The first-order valence-electron chi connectivity index (χ1n) is 19.5. The minimum atomic E-state index is -4.52. The Bertz CT molecular complexity index is 3150. The van der Waals surface area contributed by atoms with Crippen LogP contribution in [0.25, 0.3) is 88.4 Å². The topological polar surface area (TPSA) is 33.6 Å². The van der Waals surface area contributed by atoms with Crippen molar-refractivity contribution < 1.29 is 13.2 Å². The predicted octanol–water partition coefficient (Wildman–Crippen LogP) is 14.7. The predicted molar refractivity (Wildman–Crippen MR) is 235 cm³/mol. The molecule has 0 aliphatic rings. The lowest BCUT2D eigenvalue weighted by atomic mass is 9.93. The van der Waals surface area contributed by atoms with E-state index in [4.69, 9.17) is 0 Å². The van der Waals surface area contributed by atoms with Crippen LogP contribution in [0.3, 0.4) is 0 Å². The van der Waals surface area contributed by atoms with Gasteiger partial charge in [-0.3, -0.25) is 0 Å². The third-order valence-corrected chi connectivity index (χ3v) is 11.6. The second kappa shape index (κ2) is 13.6. The summed E-state index contributed by atoms with van der Waals surface area (Å²) in [5.74, 6) is 0. The molecule has 59 heavy (non-hydrogen) atoms. The second-order valence-electron chi connectivity index (χ2n) is 15.4. The molecule has 0 N–H and O–H groups in total. The number of hydrogen-bond donors (Lipinski definition) is 0. The maximum absolute atomic E-state index is 14.3. The highest BCUT2D eigenvalue weighted by atomic mass is 19.4. The largest absolute Gasteiger partial charge is 0.416 e. The minimum absolute atomic E-state index is 0.421. The molecule has 10 aromatic rings. The van der Waals surface area contributed by atoms with E-state index in [0.717, 1.165) is 83.1 Å². The summed E-state index contributed by atoms with van der Waals surface area (Å²) >= 11 is 0. The van der Waals surface area contributed by atoms with Crippen molar-refractivity contribution in [2.75, 3.05) is 0 Å². The average Bonchev–Trinajstić information content (AvgIpc) is 3.75. The lowest BCUT2D eigenvalue weighted by molar-refractivity contribution is -0.137. The lowest BCUT2D eigenvalue weighted by Gasteiger charge is -2.22. The van der Waals surface area contributed by atoms with Crippen molar-refractivity contribution in [3.05, 3.63) is 192 Å². The van der Waals surface area contributed by atoms with Crippen LogP contribution in [0.4, 0.5) is 13.2 Å². The molecule has 8 aromatic carbocycles. The van der Waals surface area contributed by atoms with Gasteiger partial charge in [0, 0.05) is 27.1 Å². The molecular formula is C53H36F3N3. The van der Waals surface area contributed by atoms with Gasteiger partial charge in [-0.05, 0) is 103 Å². The van der Waals surface area contributed by atoms with Crippen LogP contribution in [0.15, 0.2) is 164 Å². The molecule has 0 fully saturated rings. The highest BCUT2D eigenvalue weighted by molar-refractivity contribution is 6.13. The van der Waals surface area contributed by atoms with E-state index in [9.17, 15) is 18.4 Å². The molecule has 0 radical (unpaired) electrons. The fourth-order valence-corrected chi connectivity index (χ4v) is 8.74. The molecule has 2 heterocycles. The minimum Gasteiger partial charge on any atom is -0.308 e. The van der Waals surface area contributed by atoms with Gasteiger partial charge in [-0.2, -0.15) is 18.4 Å². The summed E-state index contributed by atoms with van der Waals surface area (Å²) in [6.07, 6.45) is -4.52. The molecule has 0 spiro atoms. The number of alkyl halides is 3. The van der Waals surface area contributed by atoms with E-state index >= 15 is 0 Å². The van der Waals surface area contributed by atoms with Gasteiger partial charge in [-0.15, -0.1) is 0 Å². The van der Waals surface area contributed by atoms with Crippen LogP contribution >= 0.6 is 0 Å². The van der Waals surface area contributed by atoms with Crippen LogP contribution in [0.5, 0.6) is 0 Å². The molecule has 10 rings (SSSR count). The molecule has 6 heteroatoms. The monoisotopic (exact) mass is 771 g/mol. The molecule has 0 bridgehead atoms. The van der Waals surface area contributed by atoms with Gasteiger partial charge in [0.15, 0.2) is 0 Å². The van der Waals surface area contributed by atoms with Gasteiger partial charge in [-0.1, -0.05) is 126 Å². The normalized spacial score (nSPS) is 11.9. The van der Waals surface area contributed by atoms with E-state index < -0.39 is 11.7 Å². The maximum atomic E-state index is 14.3. The van der Waals surface area contributed by atoms with Crippen molar-refractivity contribution in [1.29, 1.82) is 5.26 Å². The molecule has 0 aliphatic heterocycles. The molecule has 0 saturated heterocycles. The zero-order chi connectivity index (χ0) is 40.6. The Morgan fingerprint density at radius 2 is 0.898 bits per heavy atom. The fourth-order valence-electron chi connectivity index (χ4n) is 8.74. The van der Waals surface area contributed by atoms with Gasteiger partial charge in [-0.25, -0.2) is 0 Å². The maximum Gasteiger partial charge on any atom is 0.416 e. The van der Waals surface area contributed by atoms with Crippen LogP contribution in [0.2, 0.25) is 0 Å². The zero-order valence-electron chi connectivity index (χ0n) is 32.6. The smallest absolute Gasteiger partial charge is 0.308 e. The molecular weight excluding hydrogens is 736 g/mol. The number of fused-ring (bicyclic) bond motifs is 6. The Hall–Kier alpha value is -7.36. The Morgan fingerprint density at radius 3 is 1.34 bits per heavy atom. The quantitative estimate of drug-likeness (QED) is 0.172. The van der Waals surface area contributed by atoms with E-state index in [0.29, 0.717) is 33.6 Å². The number of halogens is 3. The number of aryl methyl sites for hydroxylation is 3. The van der Waals surface area contributed by atoms with E-state index in [-0.39, 0.29) is 0 Å². The van der Waals surface area contributed by atoms with Crippen LogP contribution in [0, 0.1) is 32.1 Å². The first-order chi connectivity index (χ1) is 28.6. The molecule has 2 aromatic heterocycles. The summed E-state index contributed by atoms with van der Waals surface area (Å²) in [5.41, 5.74) is 13.1. The summed E-state index contributed by atoms with van der Waals surface area (Å²) in [6.45, 7) is 5.87. The lowest BCUT2D eigenvalue weighted by Crippen LogP contribution is -2.08. The highest BCUT2D eigenvalue weighted by Crippen LogP contribution is 2.45. The molecule has 3 nitrogen and oxygen atoms in total. The van der Waals surface area contributed by atoms with Gasteiger partial charge in [0.1, 0.15) is 0 Å². The number of aromatic nitrogens is 2. The second-order valence-corrected chi connectivity index (χ2v) is 15.4. The Balaban J connectivity index is 1.37. The standard InChI is InChI=1S/C53H36F3N3/c1-32-12-16-36(17-13-32)38-20-23-44-42-8-4-6-10-46(42)58(48(44)29-38)50-27-35(31-57)28-51(52(50)41-25-22-40(26-34(41)3)53(54,55)56)59-47-11-7-5-9-43(47)45-24-21-39(30-49(45)59)37-18-14-33(2)15-19-37/h4-30H,1-3H3. The van der Waals surface area contributed by atoms with E-state index in [1.165, 1.54) is 6.07 Å². The van der Waals surface area contributed by atoms with Crippen LogP contribution in [-0.4, -0.2) is 9.13 Å². The molecule has 0 amide bonds. The van der Waals surface area contributed by atoms with E-state index in [2.05, 4.69) is 138 Å². The van der Waals surface area contributed by atoms with Crippen LogP contribution in [0.1, 0.15) is 27.8 Å². The van der Waals surface area contributed by atoms with Crippen molar-refractivity contribution in [2.24, 2.45) is 0 Å². The summed E-state index contributed by atoms with van der Waals surface area (Å²) in [6, 6.07) is 56.3. The Morgan fingerprint density at radius 1 is 0.458 bits per heavy atom. The highest BCUT2D eigenvalue weighted by Gasteiger charge is 2.32. The molecule has 0 unspecified atom stereocenters. The summed E-state index contributed by atoms with van der Waals surface area (Å²) < 4.78 is 47.1. The summed E-state index contributed by atoms with van der Waals surface area (Å²) in [5, 5.41) is 14.9. The van der Waals surface area contributed by atoms with Gasteiger partial charge < -0.3 is 9.13 Å². The van der Waals surface area contributed by atoms with Crippen molar-refractivity contribution in [3.63, 3.8) is 0 Å². The van der Waals surface area contributed by atoms with E-state index in [1.807, 2.05) is 36.4 Å². The number of hydrogen-bond acceptors (Lipinski definition) is 1. The van der Waals surface area contributed by atoms with Gasteiger partial charge in [0.05, 0.1) is 50.6 Å². The molecule has 0 saturated carbocycles. The van der Waals surface area contributed by atoms with Crippen LogP contribution in [-0.2, 0) is 6.18 Å². The fraction of sp³-hybridized carbons (Fsp3) is 0.0755. The number of nitriles is 1. The van der Waals surface area contributed by atoms with E-state index in [1.54, 1.807) is 13.0 Å². The van der Waals surface area contributed by atoms with Crippen molar-refractivity contribution >= 4 is 43.6 Å². The summed E-state index contributed by atoms with van der Waals surface area (Å²) in [4.78, 5) is 0.